The fourth-order valence-corrected chi connectivity index (χ4v) is 2.53. The smallest absolute Gasteiger partial charge is 0.217 e. The molecule has 6 nitrogen and oxygen atoms in total. The van der Waals surface area contributed by atoms with Crippen LogP contribution in [-0.4, -0.2) is 36.5 Å². The van der Waals surface area contributed by atoms with Gasteiger partial charge in [-0.25, -0.2) is 4.68 Å². The Morgan fingerprint density at radius 1 is 1.27 bits per heavy atom. The van der Waals surface area contributed by atoms with Gasteiger partial charge in [0, 0.05) is 30.9 Å². The molecule has 0 aliphatic rings. The molecule has 0 fully saturated rings. The van der Waals surface area contributed by atoms with E-state index < -0.39 is 0 Å². The number of hydrogen-bond donors (Lipinski definition) is 1. The van der Waals surface area contributed by atoms with Crippen LogP contribution >= 0.6 is 12.2 Å². The van der Waals surface area contributed by atoms with Gasteiger partial charge in [-0.15, -0.1) is 0 Å². The molecule has 0 unspecified atom stereocenters. The largest absolute Gasteiger partial charge is 0.283 e. The SMILES string of the molecule is CN(Cc1cnn(C)c1)Cn1[nH]c(-c2ccccc2)nc1=S. The fourth-order valence-electron chi connectivity index (χ4n) is 2.33. The minimum Gasteiger partial charge on any atom is -0.283 e. The first-order valence-electron chi connectivity index (χ1n) is 7.00. The monoisotopic (exact) mass is 314 g/mol. The third-order valence-electron chi connectivity index (χ3n) is 3.32. The second kappa shape index (κ2) is 6.25. The molecule has 7 heteroatoms. The first-order valence-corrected chi connectivity index (χ1v) is 7.41. The van der Waals surface area contributed by atoms with Crippen molar-refractivity contribution in [2.75, 3.05) is 7.05 Å². The maximum atomic E-state index is 5.34. The molecule has 2 heterocycles. The van der Waals surface area contributed by atoms with E-state index in [1.54, 1.807) is 4.68 Å². The Bertz CT molecular complexity index is 801. The van der Waals surface area contributed by atoms with Crippen molar-refractivity contribution in [2.45, 2.75) is 13.2 Å². The van der Waals surface area contributed by atoms with Gasteiger partial charge in [0.05, 0.1) is 12.9 Å². The minimum absolute atomic E-state index is 0.553. The molecule has 2 aromatic heterocycles. The van der Waals surface area contributed by atoms with Crippen LogP contribution in [0.2, 0.25) is 0 Å². The van der Waals surface area contributed by atoms with E-state index in [1.807, 2.05) is 61.5 Å². The van der Waals surface area contributed by atoms with Crippen LogP contribution in [0.15, 0.2) is 42.7 Å². The number of aromatic amines is 1. The molecule has 0 aliphatic heterocycles. The molecule has 3 rings (SSSR count). The van der Waals surface area contributed by atoms with E-state index in [0.717, 1.165) is 17.9 Å². The molecule has 1 N–H and O–H groups in total. The van der Waals surface area contributed by atoms with Crippen LogP contribution in [0.1, 0.15) is 5.56 Å². The van der Waals surface area contributed by atoms with Crippen molar-refractivity contribution >= 4 is 12.2 Å². The molecule has 0 spiro atoms. The highest BCUT2D eigenvalue weighted by Gasteiger charge is 2.08. The molecule has 0 radical (unpaired) electrons. The van der Waals surface area contributed by atoms with Gasteiger partial charge in [0.15, 0.2) is 5.82 Å². The fraction of sp³-hybridized carbons (Fsp3) is 0.267. The Kier molecular flexibility index (Phi) is 4.17. The number of hydrogen-bond acceptors (Lipinski definition) is 4. The average molecular weight is 314 g/mol. The Morgan fingerprint density at radius 2 is 2.05 bits per heavy atom. The summed E-state index contributed by atoms with van der Waals surface area (Å²) in [5.74, 6) is 0.792. The summed E-state index contributed by atoms with van der Waals surface area (Å²) in [7, 11) is 3.96. The summed E-state index contributed by atoms with van der Waals surface area (Å²) >= 11 is 5.34. The maximum absolute atomic E-state index is 5.34. The number of aromatic nitrogens is 5. The maximum Gasteiger partial charge on any atom is 0.217 e. The number of aryl methyl sites for hydroxylation is 1. The van der Waals surface area contributed by atoms with Gasteiger partial charge < -0.3 is 0 Å². The van der Waals surface area contributed by atoms with Crippen LogP contribution in [0.5, 0.6) is 0 Å². The highest BCUT2D eigenvalue weighted by Crippen LogP contribution is 2.14. The van der Waals surface area contributed by atoms with E-state index in [9.17, 15) is 0 Å². The van der Waals surface area contributed by atoms with E-state index in [1.165, 1.54) is 5.56 Å². The molecule has 0 saturated heterocycles. The molecule has 0 saturated carbocycles. The van der Waals surface area contributed by atoms with Crippen molar-refractivity contribution in [3.05, 3.63) is 53.1 Å². The predicted octanol–water partition coefficient (Wildman–Crippen LogP) is 2.43. The molecule has 0 aliphatic carbocycles. The van der Waals surface area contributed by atoms with Crippen LogP contribution in [0.4, 0.5) is 0 Å². The van der Waals surface area contributed by atoms with Crippen LogP contribution in [0, 0.1) is 4.77 Å². The standard InChI is InChI=1S/C15H18N6S/c1-19(9-12-8-16-20(2)10-12)11-21-15(22)17-14(18-21)13-6-4-3-5-7-13/h3-8,10H,9,11H2,1-2H3,(H,17,18,22). The van der Waals surface area contributed by atoms with E-state index >= 15 is 0 Å². The molecule has 22 heavy (non-hydrogen) atoms. The predicted molar refractivity (Wildman–Crippen MR) is 87.5 cm³/mol. The van der Waals surface area contributed by atoms with Crippen molar-refractivity contribution in [1.82, 2.24) is 29.4 Å². The second-order valence-electron chi connectivity index (χ2n) is 5.33. The summed E-state index contributed by atoms with van der Waals surface area (Å²) in [5, 5.41) is 7.44. The number of nitrogens with one attached hydrogen (secondary N) is 1. The molecular formula is C15H18N6S. The summed E-state index contributed by atoms with van der Waals surface area (Å²) in [6, 6.07) is 9.98. The van der Waals surface area contributed by atoms with E-state index in [2.05, 4.69) is 20.1 Å². The molecular weight excluding hydrogens is 296 g/mol. The average Bonchev–Trinajstić information content (AvgIpc) is 3.07. The van der Waals surface area contributed by atoms with Gasteiger partial charge in [0.25, 0.3) is 0 Å². The number of nitrogens with zero attached hydrogens (tertiary/aromatic N) is 5. The van der Waals surface area contributed by atoms with E-state index in [0.29, 0.717) is 11.4 Å². The molecule has 0 amide bonds. The Balaban J connectivity index is 1.73. The van der Waals surface area contributed by atoms with E-state index in [4.69, 9.17) is 12.2 Å². The first kappa shape index (κ1) is 14.7. The lowest BCUT2D eigenvalue weighted by molar-refractivity contribution is 0.244. The Morgan fingerprint density at radius 3 is 2.73 bits per heavy atom. The van der Waals surface area contributed by atoms with Crippen LogP contribution in [0.3, 0.4) is 0 Å². The third kappa shape index (κ3) is 3.32. The van der Waals surface area contributed by atoms with Crippen molar-refractivity contribution in [1.29, 1.82) is 0 Å². The van der Waals surface area contributed by atoms with Crippen LogP contribution in [-0.2, 0) is 20.3 Å². The van der Waals surface area contributed by atoms with Gasteiger partial charge in [-0.1, -0.05) is 30.3 Å². The van der Waals surface area contributed by atoms with E-state index in [-0.39, 0.29) is 0 Å². The molecule has 0 bridgehead atoms. The Hall–Kier alpha value is -2.25. The zero-order valence-corrected chi connectivity index (χ0v) is 13.4. The topological polar surface area (TPSA) is 54.7 Å². The van der Waals surface area contributed by atoms with Gasteiger partial charge in [0.1, 0.15) is 0 Å². The van der Waals surface area contributed by atoms with Crippen LogP contribution in [0.25, 0.3) is 11.4 Å². The quantitative estimate of drug-likeness (QED) is 0.735. The molecule has 1 aromatic carbocycles. The summed E-state index contributed by atoms with van der Waals surface area (Å²) < 4.78 is 4.23. The van der Waals surface area contributed by atoms with Crippen molar-refractivity contribution in [3.8, 4) is 11.4 Å². The van der Waals surface area contributed by atoms with Crippen molar-refractivity contribution in [3.63, 3.8) is 0 Å². The lowest BCUT2D eigenvalue weighted by atomic mass is 10.2. The first-order chi connectivity index (χ1) is 10.6. The van der Waals surface area contributed by atoms with Gasteiger partial charge in [0.2, 0.25) is 4.77 Å². The Labute approximate surface area is 134 Å². The van der Waals surface area contributed by atoms with Gasteiger partial charge in [-0.05, 0) is 19.3 Å². The molecule has 3 aromatic rings. The van der Waals surface area contributed by atoms with Crippen LogP contribution < -0.4 is 0 Å². The highest BCUT2D eigenvalue weighted by molar-refractivity contribution is 7.71. The van der Waals surface area contributed by atoms with Crippen molar-refractivity contribution < 1.29 is 0 Å². The summed E-state index contributed by atoms with van der Waals surface area (Å²) in [6.45, 7) is 1.45. The van der Waals surface area contributed by atoms with Gasteiger partial charge in [-0.3, -0.25) is 14.7 Å². The molecule has 114 valence electrons. The van der Waals surface area contributed by atoms with Crippen molar-refractivity contribution in [2.24, 2.45) is 7.05 Å². The lowest BCUT2D eigenvalue weighted by Crippen LogP contribution is -2.22. The third-order valence-corrected chi connectivity index (χ3v) is 3.63. The second-order valence-corrected chi connectivity index (χ2v) is 5.69. The summed E-state index contributed by atoms with van der Waals surface area (Å²) in [5.41, 5.74) is 2.20. The minimum atomic E-state index is 0.553. The number of rotatable bonds is 5. The lowest BCUT2D eigenvalue weighted by Gasteiger charge is -2.15. The normalized spacial score (nSPS) is 11.2. The zero-order valence-electron chi connectivity index (χ0n) is 12.6. The zero-order chi connectivity index (χ0) is 15.5. The highest BCUT2D eigenvalue weighted by atomic mass is 32.1. The van der Waals surface area contributed by atoms with Gasteiger partial charge >= 0.3 is 0 Å². The summed E-state index contributed by atoms with van der Waals surface area (Å²) in [4.78, 5) is 6.58. The van der Waals surface area contributed by atoms with Gasteiger partial charge in [-0.2, -0.15) is 10.1 Å². The number of H-pyrrole nitrogens is 1. The number of benzene rings is 1. The molecule has 0 atom stereocenters. The summed E-state index contributed by atoms with van der Waals surface area (Å²) in [6.07, 6.45) is 3.89.